The molecule has 21 heavy (non-hydrogen) atoms. The van der Waals surface area contributed by atoms with E-state index in [-0.39, 0.29) is 10.9 Å². The number of benzene rings is 1. The molecule has 0 aliphatic heterocycles. The lowest BCUT2D eigenvalue weighted by atomic mass is 10.3. The van der Waals surface area contributed by atoms with Gasteiger partial charge in [0, 0.05) is 11.8 Å². The Labute approximate surface area is 127 Å². The summed E-state index contributed by atoms with van der Waals surface area (Å²) >= 11 is 5.08. The number of hydrogen-bond acceptors (Lipinski definition) is 4. The van der Waals surface area contributed by atoms with E-state index in [1.54, 1.807) is 24.3 Å². The summed E-state index contributed by atoms with van der Waals surface area (Å²) in [5.74, 6) is 0.471. The minimum atomic E-state index is -0.406. The molecule has 0 saturated carbocycles. The molecule has 2 aromatic rings. The normalized spacial score (nSPS) is 9.71. The zero-order valence-corrected chi connectivity index (χ0v) is 12.0. The van der Waals surface area contributed by atoms with Gasteiger partial charge in [-0.1, -0.05) is 18.7 Å². The summed E-state index contributed by atoms with van der Waals surface area (Å²) in [4.78, 5) is 11.7. The third kappa shape index (κ3) is 4.47. The Morgan fingerprint density at radius 2 is 2.24 bits per heavy atom. The third-order valence-electron chi connectivity index (χ3n) is 2.43. The van der Waals surface area contributed by atoms with Crippen molar-refractivity contribution in [2.45, 2.75) is 0 Å². The second kappa shape index (κ2) is 7.25. The number of nitrogens with one attached hydrogen (secondary N) is 2. The van der Waals surface area contributed by atoms with E-state index in [9.17, 15) is 4.79 Å². The van der Waals surface area contributed by atoms with Crippen molar-refractivity contribution in [3.8, 4) is 5.75 Å². The molecule has 108 valence electrons. The molecule has 5 nitrogen and oxygen atoms in total. The molecular formula is C15H14N2O3S. The third-order valence-corrected chi connectivity index (χ3v) is 2.64. The van der Waals surface area contributed by atoms with Gasteiger partial charge in [-0.3, -0.25) is 10.1 Å². The molecule has 0 spiro atoms. The molecule has 2 rings (SSSR count). The van der Waals surface area contributed by atoms with Crippen LogP contribution in [0.25, 0.3) is 0 Å². The number of rotatable bonds is 5. The number of anilines is 1. The summed E-state index contributed by atoms with van der Waals surface area (Å²) in [6.45, 7) is 4.01. The predicted octanol–water partition coefficient (Wildman–Crippen LogP) is 2.97. The first-order valence-electron chi connectivity index (χ1n) is 6.18. The molecule has 1 amide bonds. The molecule has 0 bridgehead atoms. The molecule has 2 N–H and O–H groups in total. The van der Waals surface area contributed by atoms with Crippen molar-refractivity contribution in [1.82, 2.24) is 5.32 Å². The molecule has 0 atom stereocenters. The Bertz CT molecular complexity index is 638. The number of amides is 1. The van der Waals surface area contributed by atoms with Crippen molar-refractivity contribution in [2.24, 2.45) is 0 Å². The topological polar surface area (TPSA) is 63.5 Å². The van der Waals surface area contributed by atoms with Gasteiger partial charge in [-0.05, 0) is 36.5 Å². The smallest absolute Gasteiger partial charge is 0.293 e. The van der Waals surface area contributed by atoms with Crippen LogP contribution in [0.15, 0.2) is 59.7 Å². The molecule has 0 fully saturated rings. The van der Waals surface area contributed by atoms with E-state index < -0.39 is 5.91 Å². The maximum absolute atomic E-state index is 11.7. The van der Waals surface area contributed by atoms with Crippen LogP contribution in [-0.4, -0.2) is 17.6 Å². The summed E-state index contributed by atoms with van der Waals surface area (Å²) in [6, 6.07) is 10.4. The van der Waals surface area contributed by atoms with Crippen LogP contribution in [0.1, 0.15) is 10.6 Å². The maximum atomic E-state index is 11.7. The zero-order valence-electron chi connectivity index (χ0n) is 11.2. The second-order valence-corrected chi connectivity index (χ2v) is 4.42. The highest BCUT2D eigenvalue weighted by molar-refractivity contribution is 7.80. The molecule has 6 heteroatoms. The first kappa shape index (κ1) is 14.8. The lowest BCUT2D eigenvalue weighted by Gasteiger charge is -2.10. The van der Waals surface area contributed by atoms with Crippen LogP contribution in [0.4, 0.5) is 5.69 Å². The quantitative estimate of drug-likeness (QED) is 0.657. The van der Waals surface area contributed by atoms with E-state index in [1.165, 1.54) is 6.26 Å². The van der Waals surface area contributed by atoms with Crippen LogP contribution in [0, 0.1) is 0 Å². The van der Waals surface area contributed by atoms with Gasteiger partial charge in [0.15, 0.2) is 10.9 Å². The predicted molar refractivity (Wildman–Crippen MR) is 84.5 cm³/mol. The fourth-order valence-corrected chi connectivity index (χ4v) is 1.76. The number of furan rings is 1. The van der Waals surface area contributed by atoms with Gasteiger partial charge in [0.25, 0.3) is 5.91 Å². The Hall–Kier alpha value is -2.60. The number of carbonyl (C=O) groups is 1. The number of carbonyl (C=O) groups excluding carboxylic acids is 1. The van der Waals surface area contributed by atoms with Crippen LogP contribution in [0.2, 0.25) is 0 Å². The van der Waals surface area contributed by atoms with Gasteiger partial charge in [-0.2, -0.15) is 0 Å². The summed E-state index contributed by atoms with van der Waals surface area (Å²) in [6.07, 6.45) is 3.08. The van der Waals surface area contributed by atoms with E-state index >= 15 is 0 Å². The van der Waals surface area contributed by atoms with Gasteiger partial charge < -0.3 is 14.5 Å². The minimum absolute atomic E-state index is 0.178. The van der Waals surface area contributed by atoms with E-state index in [2.05, 4.69) is 17.2 Å². The standard InChI is InChI=1S/C15H14N2O3S/c1-2-8-19-12-6-3-5-11(10-12)16-15(21)17-14(18)13-7-4-9-20-13/h2-7,9-10H,1,8H2,(H2,16,17,18,21). The molecule has 1 aromatic carbocycles. The SMILES string of the molecule is C=CCOc1cccc(NC(=S)NC(=O)c2ccco2)c1. The van der Waals surface area contributed by atoms with E-state index in [0.29, 0.717) is 18.0 Å². The highest BCUT2D eigenvalue weighted by Gasteiger charge is 2.10. The average molecular weight is 302 g/mol. The van der Waals surface area contributed by atoms with Crippen molar-refractivity contribution in [2.75, 3.05) is 11.9 Å². The van der Waals surface area contributed by atoms with E-state index in [0.717, 1.165) is 0 Å². The van der Waals surface area contributed by atoms with Crippen LogP contribution in [0.5, 0.6) is 5.75 Å². The van der Waals surface area contributed by atoms with Crippen LogP contribution in [0.3, 0.4) is 0 Å². The van der Waals surface area contributed by atoms with Crippen molar-refractivity contribution in [1.29, 1.82) is 0 Å². The number of thiocarbonyl (C=S) groups is 1. The number of hydrogen-bond donors (Lipinski definition) is 2. The van der Waals surface area contributed by atoms with Crippen molar-refractivity contribution in [3.05, 3.63) is 61.1 Å². The molecule has 0 radical (unpaired) electrons. The van der Waals surface area contributed by atoms with E-state index in [1.807, 2.05) is 18.2 Å². The van der Waals surface area contributed by atoms with Gasteiger partial charge in [-0.25, -0.2) is 0 Å². The molecule has 0 aliphatic carbocycles. The minimum Gasteiger partial charge on any atom is -0.489 e. The van der Waals surface area contributed by atoms with Crippen LogP contribution < -0.4 is 15.4 Å². The molecular weight excluding hydrogens is 288 g/mol. The maximum Gasteiger partial charge on any atom is 0.293 e. The first-order valence-corrected chi connectivity index (χ1v) is 6.59. The van der Waals surface area contributed by atoms with Gasteiger partial charge >= 0.3 is 0 Å². The highest BCUT2D eigenvalue weighted by atomic mass is 32.1. The number of ether oxygens (including phenoxy) is 1. The lowest BCUT2D eigenvalue weighted by molar-refractivity contribution is 0.0950. The highest BCUT2D eigenvalue weighted by Crippen LogP contribution is 2.17. The first-order chi connectivity index (χ1) is 10.2. The van der Waals surface area contributed by atoms with Gasteiger partial charge in [-0.15, -0.1) is 0 Å². The Morgan fingerprint density at radius 1 is 1.38 bits per heavy atom. The second-order valence-electron chi connectivity index (χ2n) is 4.01. The molecule has 1 heterocycles. The monoisotopic (exact) mass is 302 g/mol. The molecule has 1 aromatic heterocycles. The molecule has 0 saturated heterocycles. The van der Waals surface area contributed by atoms with Crippen molar-refractivity contribution in [3.63, 3.8) is 0 Å². The van der Waals surface area contributed by atoms with Crippen molar-refractivity contribution < 1.29 is 13.9 Å². The fourth-order valence-electron chi connectivity index (χ4n) is 1.55. The molecule has 0 unspecified atom stereocenters. The fraction of sp³-hybridized carbons (Fsp3) is 0.0667. The Morgan fingerprint density at radius 3 is 2.95 bits per heavy atom. The zero-order chi connectivity index (χ0) is 15.1. The van der Waals surface area contributed by atoms with Gasteiger partial charge in [0.05, 0.1) is 6.26 Å². The summed E-state index contributed by atoms with van der Waals surface area (Å²) in [5, 5.41) is 5.61. The average Bonchev–Trinajstić information content (AvgIpc) is 2.99. The van der Waals surface area contributed by atoms with E-state index in [4.69, 9.17) is 21.4 Å². The van der Waals surface area contributed by atoms with Crippen LogP contribution >= 0.6 is 12.2 Å². The van der Waals surface area contributed by atoms with Gasteiger partial charge in [0.2, 0.25) is 0 Å². The largest absolute Gasteiger partial charge is 0.489 e. The summed E-state index contributed by atoms with van der Waals surface area (Å²) in [5.41, 5.74) is 0.710. The summed E-state index contributed by atoms with van der Waals surface area (Å²) < 4.78 is 10.4. The summed E-state index contributed by atoms with van der Waals surface area (Å²) in [7, 11) is 0. The van der Waals surface area contributed by atoms with Gasteiger partial charge in [0.1, 0.15) is 12.4 Å². The van der Waals surface area contributed by atoms with Crippen LogP contribution in [-0.2, 0) is 0 Å². The lowest BCUT2D eigenvalue weighted by Crippen LogP contribution is -2.33. The Kier molecular flexibility index (Phi) is 5.11. The molecule has 0 aliphatic rings. The van der Waals surface area contributed by atoms with Crippen molar-refractivity contribution >= 4 is 28.9 Å². The Balaban J connectivity index is 1.93.